The first-order valence-electron chi connectivity index (χ1n) is 6.10. The smallest absolute Gasteiger partial charge is 0.263 e. The maximum absolute atomic E-state index is 12.0. The Morgan fingerprint density at radius 1 is 1.53 bits per heavy atom. The first-order valence-corrected chi connectivity index (χ1v) is 7.86. The van der Waals surface area contributed by atoms with Crippen LogP contribution >= 0.6 is 22.7 Å². The maximum Gasteiger partial charge on any atom is 0.263 e. The van der Waals surface area contributed by atoms with Gasteiger partial charge in [-0.15, -0.1) is 11.3 Å². The third-order valence-corrected chi connectivity index (χ3v) is 5.14. The molecule has 1 saturated carbocycles. The molecule has 19 heavy (non-hydrogen) atoms. The molecule has 6 heteroatoms. The van der Waals surface area contributed by atoms with Gasteiger partial charge in [-0.25, -0.2) is 4.98 Å². The minimum Gasteiger partial charge on any atom is -0.396 e. The molecule has 2 aromatic heterocycles. The summed E-state index contributed by atoms with van der Waals surface area (Å²) in [5.41, 5.74) is 0.999. The molecule has 0 radical (unpaired) electrons. The lowest BCUT2D eigenvalue weighted by Crippen LogP contribution is -2.31. The molecule has 4 nitrogen and oxygen atoms in total. The van der Waals surface area contributed by atoms with Crippen molar-refractivity contribution in [1.82, 2.24) is 10.3 Å². The highest BCUT2D eigenvalue weighted by Gasteiger charge is 2.42. The fourth-order valence-electron chi connectivity index (χ4n) is 1.82. The maximum atomic E-state index is 12.0. The molecule has 0 saturated heterocycles. The molecule has 0 unspecified atom stereocenters. The van der Waals surface area contributed by atoms with Crippen LogP contribution < -0.4 is 5.32 Å². The van der Waals surface area contributed by atoms with E-state index in [1.54, 1.807) is 17.5 Å². The molecule has 3 rings (SSSR count). The number of carbonyl (C=O) groups is 1. The van der Waals surface area contributed by atoms with Crippen LogP contribution in [0.2, 0.25) is 0 Å². The van der Waals surface area contributed by atoms with Crippen LogP contribution in [0, 0.1) is 5.41 Å². The number of thiazole rings is 1. The van der Waals surface area contributed by atoms with Gasteiger partial charge in [0, 0.05) is 22.9 Å². The molecular weight excluding hydrogens is 280 g/mol. The molecule has 1 aliphatic rings. The highest BCUT2D eigenvalue weighted by molar-refractivity contribution is 7.17. The second-order valence-corrected chi connectivity index (χ2v) is 6.69. The molecule has 2 N–H and O–H groups in total. The van der Waals surface area contributed by atoms with E-state index >= 15 is 0 Å². The fraction of sp³-hybridized carbons (Fsp3) is 0.385. The Balaban J connectivity index is 1.64. The predicted octanol–water partition coefficient (Wildman–Crippen LogP) is 2.37. The molecule has 0 spiro atoms. The second kappa shape index (κ2) is 5.03. The first-order chi connectivity index (χ1) is 9.22. The van der Waals surface area contributed by atoms with E-state index in [0.29, 0.717) is 11.4 Å². The van der Waals surface area contributed by atoms with E-state index < -0.39 is 0 Å². The van der Waals surface area contributed by atoms with E-state index in [9.17, 15) is 9.90 Å². The van der Waals surface area contributed by atoms with Crippen molar-refractivity contribution in [3.8, 4) is 10.6 Å². The molecule has 1 amide bonds. The number of hydrogen-bond acceptors (Lipinski definition) is 5. The number of amides is 1. The van der Waals surface area contributed by atoms with Crippen LogP contribution in [0.1, 0.15) is 22.5 Å². The van der Waals surface area contributed by atoms with Crippen molar-refractivity contribution in [2.75, 3.05) is 13.2 Å². The normalized spacial score (nSPS) is 16.3. The van der Waals surface area contributed by atoms with Crippen molar-refractivity contribution in [2.24, 2.45) is 5.41 Å². The van der Waals surface area contributed by atoms with Gasteiger partial charge in [0.25, 0.3) is 5.91 Å². The number of hydrogen-bond donors (Lipinski definition) is 2. The monoisotopic (exact) mass is 294 g/mol. The number of nitrogens with one attached hydrogen (secondary N) is 1. The van der Waals surface area contributed by atoms with Crippen LogP contribution in [-0.4, -0.2) is 29.1 Å². The van der Waals surface area contributed by atoms with Crippen LogP contribution in [0.5, 0.6) is 0 Å². The molecule has 0 bridgehead atoms. The van der Waals surface area contributed by atoms with Gasteiger partial charge >= 0.3 is 0 Å². The number of aliphatic hydroxyl groups excluding tert-OH is 1. The van der Waals surface area contributed by atoms with E-state index in [-0.39, 0.29) is 17.9 Å². The highest BCUT2D eigenvalue weighted by atomic mass is 32.1. The molecule has 1 aliphatic carbocycles. The second-order valence-electron chi connectivity index (χ2n) is 4.88. The van der Waals surface area contributed by atoms with Gasteiger partial charge in [-0.05, 0) is 24.3 Å². The van der Waals surface area contributed by atoms with Crippen molar-refractivity contribution in [3.05, 3.63) is 27.9 Å². The molecular formula is C13H14N2O2S2. The zero-order valence-corrected chi connectivity index (χ0v) is 11.9. The zero-order valence-electron chi connectivity index (χ0n) is 10.3. The number of aliphatic hydroxyl groups is 1. The summed E-state index contributed by atoms with van der Waals surface area (Å²) in [6.45, 7) is 0.699. The van der Waals surface area contributed by atoms with Gasteiger partial charge in [0.05, 0.1) is 12.8 Å². The Morgan fingerprint density at radius 3 is 3.00 bits per heavy atom. The first kappa shape index (κ1) is 12.8. The predicted molar refractivity (Wildman–Crippen MR) is 76.5 cm³/mol. The van der Waals surface area contributed by atoms with E-state index in [1.807, 2.05) is 16.8 Å². The van der Waals surface area contributed by atoms with Gasteiger partial charge in [-0.3, -0.25) is 4.79 Å². The van der Waals surface area contributed by atoms with Gasteiger partial charge in [-0.2, -0.15) is 11.3 Å². The highest BCUT2D eigenvalue weighted by Crippen LogP contribution is 2.44. The summed E-state index contributed by atoms with van der Waals surface area (Å²) in [4.78, 5) is 16.9. The molecule has 0 atom stereocenters. The van der Waals surface area contributed by atoms with E-state index in [4.69, 9.17) is 0 Å². The Bertz CT molecular complexity index is 573. The summed E-state index contributed by atoms with van der Waals surface area (Å²) >= 11 is 3.01. The summed E-state index contributed by atoms with van der Waals surface area (Å²) in [7, 11) is 0. The minimum atomic E-state index is -0.0984. The summed E-state index contributed by atoms with van der Waals surface area (Å²) in [5.74, 6) is -0.0984. The van der Waals surface area contributed by atoms with E-state index in [1.165, 1.54) is 11.3 Å². The quantitative estimate of drug-likeness (QED) is 0.890. The average Bonchev–Trinajstić information content (AvgIpc) is 2.87. The van der Waals surface area contributed by atoms with Gasteiger partial charge < -0.3 is 10.4 Å². The van der Waals surface area contributed by atoms with Crippen LogP contribution in [0.4, 0.5) is 0 Å². The van der Waals surface area contributed by atoms with Gasteiger partial charge in [0.15, 0.2) is 0 Å². The van der Waals surface area contributed by atoms with Crippen molar-refractivity contribution in [1.29, 1.82) is 0 Å². The van der Waals surface area contributed by atoms with E-state index in [2.05, 4.69) is 10.3 Å². The van der Waals surface area contributed by atoms with Crippen LogP contribution in [-0.2, 0) is 0 Å². The largest absolute Gasteiger partial charge is 0.396 e. The lowest BCUT2D eigenvalue weighted by molar-refractivity contribution is 0.0939. The lowest BCUT2D eigenvalue weighted by Gasteiger charge is -2.11. The number of carbonyl (C=O) groups excluding carboxylic acids is 1. The molecule has 0 aromatic carbocycles. The Kier molecular flexibility index (Phi) is 3.38. The van der Waals surface area contributed by atoms with Crippen LogP contribution in [0.15, 0.2) is 23.0 Å². The van der Waals surface area contributed by atoms with Gasteiger partial charge in [0.1, 0.15) is 9.88 Å². The lowest BCUT2D eigenvalue weighted by atomic mass is 10.1. The van der Waals surface area contributed by atoms with E-state index in [0.717, 1.165) is 23.4 Å². The average molecular weight is 294 g/mol. The SMILES string of the molecule is O=C(NCC1(CO)CC1)c1cnc(-c2ccsc2)s1. The van der Waals surface area contributed by atoms with Gasteiger partial charge in [0.2, 0.25) is 0 Å². The van der Waals surface area contributed by atoms with Crippen molar-refractivity contribution < 1.29 is 9.90 Å². The number of aromatic nitrogens is 1. The number of rotatable bonds is 5. The molecule has 2 heterocycles. The summed E-state index contributed by atoms with van der Waals surface area (Å²) in [6, 6.07) is 2.00. The Labute approximate surface area is 119 Å². The summed E-state index contributed by atoms with van der Waals surface area (Å²) in [6.07, 6.45) is 3.60. The molecule has 1 fully saturated rings. The number of nitrogens with zero attached hydrogens (tertiary/aromatic N) is 1. The summed E-state index contributed by atoms with van der Waals surface area (Å²) in [5, 5.41) is 17.0. The molecule has 0 aliphatic heterocycles. The third-order valence-electron chi connectivity index (χ3n) is 3.41. The van der Waals surface area contributed by atoms with Crippen molar-refractivity contribution >= 4 is 28.6 Å². The van der Waals surface area contributed by atoms with Gasteiger partial charge in [-0.1, -0.05) is 0 Å². The summed E-state index contributed by atoms with van der Waals surface area (Å²) < 4.78 is 0. The molecule has 100 valence electrons. The van der Waals surface area contributed by atoms with Crippen LogP contribution in [0.3, 0.4) is 0 Å². The van der Waals surface area contributed by atoms with Crippen molar-refractivity contribution in [2.45, 2.75) is 12.8 Å². The zero-order chi connectivity index (χ0) is 13.3. The Hall–Kier alpha value is -1.24. The van der Waals surface area contributed by atoms with Crippen LogP contribution in [0.25, 0.3) is 10.6 Å². The number of thiophene rings is 1. The standard InChI is InChI=1S/C13H14N2O2S2/c16-8-13(2-3-13)7-15-11(17)10-5-14-12(19-10)9-1-4-18-6-9/h1,4-6,16H,2-3,7-8H2,(H,15,17). The fourth-order valence-corrected chi connectivity index (χ4v) is 3.37. The topological polar surface area (TPSA) is 62.2 Å². The molecule has 2 aromatic rings. The van der Waals surface area contributed by atoms with Crippen molar-refractivity contribution in [3.63, 3.8) is 0 Å². The Morgan fingerprint density at radius 2 is 2.37 bits per heavy atom. The third kappa shape index (κ3) is 2.70. The minimum absolute atomic E-state index is 0.0590.